The zero-order valence-corrected chi connectivity index (χ0v) is 21.5. The van der Waals surface area contributed by atoms with Crippen molar-refractivity contribution in [1.29, 1.82) is 0 Å². The molecule has 0 bridgehead atoms. The summed E-state index contributed by atoms with van der Waals surface area (Å²) < 4.78 is 5.42. The quantitative estimate of drug-likeness (QED) is 0.526. The summed E-state index contributed by atoms with van der Waals surface area (Å²) in [6.07, 6.45) is 0.308. The molecule has 3 aromatic carbocycles. The molecular formula is C29H31ClN4O3. The van der Waals surface area contributed by atoms with E-state index >= 15 is 0 Å². The number of anilines is 3. The maximum Gasteiger partial charge on any atom is 0.255 e. The molecule has 0 atom stereocenters. The van der Waals surface area contributed by atoms with Crippen molar-refractivity contribution in [3.05, 3.63) is 88.9 Å². The number of ether oxygens (including phenoxy) is 1. The topological polar surface area (TPSA) is 65.1 Å². The minimum absolute atomic E-state index is 0.0838. The normalized spacial score (nSPS) is 16.0. The zero-order valence-electron chi connectivity index (χ0n) is 20.7. The number of hydrogen-bond acceptors (Lipinski definition) is 5. The number of rotatable bonds is 6. The van der Waals surface area contributed by atoms with Gasteiger partial charge < -0.3 is 24.8 Å². The number of halogens is 1. The SMILES string of the molecule is O=C(Nc1ccc(N2CCOCC2)cc1)c1cccc(N2CCN(C(=O)Cc3ccccc3Cl)CC2)c1. The Morgan fingerprint density at radius 3 is 2.22 bits per heavy atom. The molecule has 0 saturated carbocycles. The van der Waals surface area contributed by atoms with Gasteiger partial charge in [-0.15, -0.1) is 0 Å². The van der Waals surface area contributed by atoms with Gasteiger partial charge in [0.1, 0.15) is 0 Å². The Labute approximate surface area is 222 Å². The third-order valence-corrected chi connectivity index (χ3v) is 7.28. The number of nitrogens with one attached hydrogen (secondary N) is 1. The highest BCUT2D eigenvalue weighted by molar-refractivity contribution is 6.31. The summed E-state index contributed by atoms with van der Waals surface area (Å²) in [5.74, 6) is -0.0601. The molecule has 2 amide bonds. The standard InChI is InChI=1S/C29H31ClN4O3/c30-27-7-2-1-4-22(27)21-28(35)34-14-12-32(13-15-34)26-6-3-5-23(20-26)29(36)31-24-8-10-25(11-9-24)33-16-18-37-19-17-33/h1-11,20H,12-19,21H2,(H,31,36). The van der Waals surface area contributed by atoms with Gasteiger partial charge in [0.05, 0.1) is 19.6 Å². The molecule has 0 unspecified atom stereocenters. The molecule has 7 nitrogen and oxygen atoms in total. The molecule has 5 rings (SSSR count). The minimum Gasteiger partial charge on any atom is -0.378 e. The van der Waals surface area contributed by atoms with E-state index in [1.807, 2.05) is 77.7 Å². The fourth-order valence-electron chi connectivity index (χ4n) is 4.75. The summed E-state index contributed by atoms with van der Waals surface area (Å²) in [4.78, 5) is 32.1. The summed E-state index contributed by atoms with van der Waals surface area (Å²) in [5.41, 5.74) is 4.33. The van der Waals surface area contributed by atoms with Gasteiger partial charge in [0, 0.05) is 66.9 Å². The van der Waals surface area contributed by atoms with Crippen LogP contribution in [0.25, 0.3) is 0 Å². The molecule has 1 N–H and O–H groups in total. The summed E-state index contributed by atoms with van der Waals surface area (Å²) in [5, 5.41) is 3.63. The average molecular weight is 519 g/mol. The van der Waals surface area contributed by atoms with Crippen LogP contribution in [-0.2, 0) is 16.0 Å². The first kappa shape index (κ1) is 25.1. The average Bonchev–Trinajstić information content (AvgIpc) is 2.95. The van der Waals surface area contributed by atoms with Gasteiger partial charge in [0.2, 0.25) is 5.91 Å². The monoisotopic (exact) mass is 518 g/mol. The first-order chi connectivity index (χ1) is 18.1. The van der Waals surface area contributed by atoms with Gasteiger partial charge in [-0.2, -0.15) is 0 Å². The molecular weight excluding hydrogens is 488 g/mol. The number of nitrogens with zero attached hydrogens (tertiary/aromatic N) is 3. The van der Waals surface area contributed by atoms with Crippen LogP contribution in [0.5, 0.6) is 0 Å². The van der Waals surface area contributed by atoms with Crippen molar-refractivity contribution < 1.29 is 14.3 Å². The fourth-order valence-corrected chi connectivity index (χ4v) is 4.96. The first-order valence-electron chi connectivity index (χ1n) is 12.7. The largest absolute Gasteiger partial charge is 0.378 e. The number of benzene rings is 3. The highest BCUT2D eigenvalue weighted by Crippen LogP contribution is 2.22. The molecule has 0 spiro atoms. The Bertz CT molecular complexity index is 1240. The predicted octanol–water partition coefficient (Wildman–Crippen LogP) is 4.32. The molecule has 0 aromatic heterocycles. The lowest BCUT2D eigenvalue weighted by Crippen LogP contribution is -2.49. The number of carbonyl (C=O) groups excluding carboxylic acids is 2. The molecule has 8 heteroatoms. The molecule has 192 valence electrons. The van der Waals surface area contributed by atoms with Gasteiger partial charge in [-0.25, -0.2) is 0 Å². The lowest BCUT2D eigenvalue weighted by Gasteiger charge is -2.36. The van der Waals surface area contributed by atoms with E-state index in [0.717, 1.165) is 48.9 Å². The minimum atomic E-state index is -0.144. The summed E-state index contributed by atoms with van der Waals surface area (Å²) in [6, 6.07) is 23.1. The highest BCUT2D eigenvalue weighted by atomic mass is 35.5. The number of amides is 2. The van der Waals surface area contributed by atoms with Crippen molar-refractivity contribution in [3.63, 3.8) is 0 Å². The molecule has 2 aliphatic heterocycles. The molecule has 0 radical (unpaired) electrons. The van der Waals surface area contributed by atoms with Crippen LogP contribution >= 0.6 is 11.6 Å². The summed E-state index contributed by atoms with van der Waals surface area (Å²) in [7, 11) is 0. The lowest BCUT2D eigenvalue weighted by atomic mass is 10.1. The van der Waals surface area contributed by atoms with Crippen LogP contribution in [0, 0.1) is 0 Å². The van der Waals surface area contributed by atoms with E-state index in [0.29, 0.717) is 43.2 Å². The summed E-state index contributed by atoms with van der Waals surface area (Å²) >= 11 is 6.22. The Balaban J connectivity index is 1.16. The van der Waals surface area contributed by atoms with Crippen LogP contribution < -0.4 is 15.1 Å². The van der Waals surface area contributed by atoms with Crippen LogP contribution in [0.15, 0.2) is 72.8 Å². The van der Waals surface area contributed by atoms with Crippen LogP contribution in [0.2, 0.25) is 5.02 Å². The molecule has 2 fully saturated rings. The second kappa shape index (κ2) is 11.7. The molecule has 3 aromatic rings. The van der Waals surface area contributed by atoms with Gasteiger partial charge in [0.15, 0.2) is 0 Å². The Morgan fingerprint density at radius 1 is 0.784 bits per heavy atom. The van der Waals surface area contributed by atoms with Crippen LogP contribution in [0.4, 0.5) is 17.1 Å². The maximum atomic E-state index is 13.0. The van der Waals surface area contributed by atoms with Gasteiger partial charge in [0.25, 0.3) is 5.91 Å². The van der Waals surface area contributed by atoms with Crippen LogP contribution in [-0.4, -0.2) is 69.2 Å². The highest BCUT2D eigenvalue weighted by Gasteiger charge is 2.22. The Hall–Kier alpha value is -3.55. The molecule has 0 aliphatic carbocycles. The van der Waals surface area contributed by atoms with E-state index in [2.05, 4.69) is 15.1 Å². The van der Waals surface area contributed by atoms with Crippen molar-refractivity contribution >= 4 is 40.5 Å². The van der Waals surface area contributed by atoms with Crippen molar-refractivity contribution in [2.24, 2.45) is 0 Å². The van der Waals surface area contributed by atoms with Crippen molar-refractivity contribution in [3.8, 4) is 0 Å². The second-order valence-corrected chi connectivity index (χ2v) is 9.69. The molecule has 2 aliphatic rings. The zero-order chi connectivity index (χ0) is 25.6. The smallest absolute Gasteiger partial charge is 0.255 e. The fraction of sp³-hybridized carbons (Fsp3) is 0.310. The number of hydrogen-bond donors (Lipinski definition) is 1. The van der Waals surface area contributed by atoms with Gasteiger partial charge in [-0.3, -0.25) is 9.59 Å². The number of carbonyl (C=O) groups is 2. The van der Waals surface area contributed by atoms with Crippen LogP contribution in [0.1, 0.15) is 15.9 Å². The van der Waals surface area contributed by atoms with Crippen molar-refractivity contribution in [2.75, 3.05) is 67.6 Å². The third-order valence-electron chi connectivity index (χ3n) is 6.91. The van der Waals surface area contributed by atoms with Crippen molar-refractivity contribution in [1.82, 2.24) is 4.90 Å². The van der Waals surface area contributed by atoms with Gasteiger partial charge >= 0.3 is 0 Å². The maximum absolute atomic E-state index is 13.0. The number of morpholine rings is 1. The van der Waals surface area contributed by atoms with E-state index in [1.54, 1.807) is 0 Å². The van der Waals surface area contributed by atoms with Gasteiger partial charge in [-0.1, -0.05) is 35.9 Å². The van der Waals surface area contributed by atoms with E-state index in [4.69, 9.17) is 16.3 Å². The molecule has 2 saturated heterocycles. The molecule has 2 heterocycles. The Kier molecular flexibility index (Phi) is 7.92. The Morgan fingerprint density at radius 2 is 1.49 bits per heavy atom. The predicted molar refractivity (Wildman–Crippen MR) is 148 cm³/mol. The van der Waals surface area contributed by atoms with E-state index in [1.165, 1.54) is 0 Å². The van der Waals surface area contributed by atoms with Crippen LogP contribution in [0.3, 0.4) is 0 Å². The summed E-state index contributed by atoms with van der Waals surface area (Å²) in [6.45, 7) is 5.92. The lowest BCUT2D eigenvalue weighted by molar-refractivity contribution is -0.130. The van der Waals surface area contributed by atoms with Gasteiger partial charge in [-0.05, 0) is 54.1 Å². The number of piperazine rings is 1. The molecule has 37 heavy (non-hydrogen) atoms. The van der Waals surface area contributed by atoms with E-state index in [-0.39, 0.29) is 11.8 Å². The first-order valence-corrected chi connectivity index (χ1v) is 13.0. The van der Waals surface area contributed by atoms with E-state index < -0.39 is 0 Å². The second-order valence-electron chi connectivity index (χ2n) is 9.29. The van der Waals surface area contributed by atoms with E-state index in [9.17, 15) is 9.59 Å². The van der Waals surface area contributed by atoms with Crippen molar-refractivity contribution in [2.45, 2.75) is 6.42 Å². The third kappa shape index (κ3) is 6.24.